The van der Waals surface area contributed by atoms with E-state index in [-0.39, 0.29) is 17.6 Å². The molecule has 0 radical (unpaired) electrons. The van der Waals surface area contributed by atoms with Crippen molar-refractivity contribution in [3.63, 3.8) is 0 Å². The van der Waals surface area contributed by atoms with Crippen LogP contribution in [0.15, 0.2) is 22.8 Å². The zero-order valence-corrected chi connectivity index (χ0v) is 10.3. The summed E-state index contributed by atoms with van der Waals surface area (Å²) in [6, 6.07) is 0. The molecule has 2 nitrogen and oxygen atoms in total. The van der Waals surface area contributed by atoms with Gasteiger partial charge in [-0.3, -0.25) is 4.79 Å². The summed E-state index contributed by atoms with van der Waals surface area (Å²) in [4.78, 5) is 11.6. The predicted octanol–water partition coefficient (Wildman–Crippen LogP) is 2.63. The number of aliphatic hydroxyl groups excluding tert-OH is 1. The van der Waals surface area contributed by atoms with E-state index in [2.05, 4.69) is 19.9 Å². The van der Waals surface area contributed by atoms with Gasteiger partial charge in [-0.2, -0.15) is 0 Å². The van der Waals surface area contributed by atoms with Crippen LogP contribution in [0.5, 0.6) is 0 Å². The van der Waals surface area contributed by atoms with E-state index in [4.69, 9.17) is 0 Å². The van der Waals surface area contributed by atoms with Crippen LogP contribution in [-0.2, 0) is 4.79 Å². The van der Waals surface area contributed by atoms with E-state index in [0.717, 1.165) is 19.3 Å². The number of allylic oxidation sites excluding steroid dienone is 2. The van der Waals surface area contributed by atoms with Crippen molar-refractivity contribution in [2.75, 3.05) is 0 Å². The van der Waals surface area contributed by atoms with Crippen molar-refractivity contribution in [3.05, 3.63) is 22.8 Å². The lowest BCUT2D eigenvalue weighted by atomic mass is 9.83. The number of Topliss-reactive ketones (excluding diaryl/α,β-unsaturated/α-hetero) is 1. The number of fused-ring (bicyclic) bond motifs is 1. The molecule has 0 bridgehead atoms. The smallest absolute Gasteiger partial charge is 0.135 e. The molecule has 88 valence electrons. The Kier molecular flexibility index (Phi) is 3.02. The molecule has 0 aromatic carbocycles. The Morgan fingerprint density at radius 3 is 2.75 bits per heavy atom. The van der Waals surface area contributed by atoms with Crippen LogP contribution < -0.4 is 0 Å². The number of rotatable bonds is 1. The molecule has 0 aliphatic heterocycles. The van der Waals surface area contributed by atoms with Gasteiger partial charge in [0, 0.05) is 11.8 Å². The van der Waals surface area contributed by atoms with Gasteiger partial charge in [0.25, 0.3) is 0 Å². The molecular weight excluding hydrogens is 200 g/mol. The molecule has 1 N–H and O–H groups in total. The molecule has 0 heterocycles. The molecule has 0 aromatic heterocycles. The van der Waals surface area contributed by atoms with Gasteiger partial charge in [-0.05, 0) is 40.0 Å². The van der Waals surface area contributed by atoms with Crippen molar-refractivity contribution < 1.29 is 9.90 Å². The Bertz CT molecular complexity index is 376. The van der Waals surface area contributed by atoms with Gasteiger partial charge in [-0.1, -0.05) is 22.8 Å². The van der Waals surface area contributed by atoms with E-state index in [0.29, 0.717) is 0 Å². The fourth-order valence-corrected chi connectivity index (χ4v) is 3.09. The monoisotopic (exact) mass is 220 g/mol. The predicted molar refractivity (Wildman–Crippen MR) is 64.0 cm³/mol. The minimum Gasteiger partial charge on any atom is -0.391 e. The lowest BCUT2D eigenvalue weighted by Crippen LogP contribution is -2.32. The van der Waals surface area contributed by atoms with Crippen LogP contribution in [0.2, 0.25) is 0 Å². The molecule has 0 aromatic rings. The minimum absolute atomic E-state index is 0.108. The highest BCUT2D eigenvalue weighted by Crippen LogP contribution is 2.42. The Labute approximate surface area is 97.0 Å². The maximum absolute atomic E-state index is 11.6. The van der Waals surface area contributed by atoms with Crippen molar-refractivity contribution in [2.24, 2.45) is 11.8 Å². The molecular formula is C14H20O2. The summed E-state index contributed by atoms with van der Waals surface area (Å²) in [7, 11) is 0. The summed E-state index contributed by atoms with van der Waals surface area (Å²) >= 11 is 0. The van der Waals surface area contributed by atoms with E-state index in [1.807, 2.05) is 0 Å². The van der Waals surface area contributed by atoms with Gasteiger partial charge in [0.1, 0.15) is 5.78 Å². The summed E-state index contributed by atoms with van der Waals surface area (Å²) in [5.41, 5.74) is 3.96. The molecule has 16 heavy (non-hydrogen) atoms. The molecule has 2 heteroatoms. The molecule has 3 atom stereocenters. The zero-order chi connectivity index (χ0) is 11.9. The molecule has 3 unspecified atom stereocenters. The number of carbonyl (C=O) groups is 1. The van der Waals surface area contributed by atoms with E-state index in [1.54, 1.807) is 6.92 Å². The first kappa shape index (κ1) is 11.6. The summed E-state index contributed by atoms with van der Waals surface area (Å²) in [6.45, 7) is 5.81. The van der Waals surface area contributed by atoms with Crippen LogP contribution >= 0.6 is 0 Å². The Balaban J connectivity index is 2.36. The summed E-state index contributed by atoms with van der Waals surface area (Å²) in [5, 5.41) is 10.4. The third-order valence-electron chi connectivity index (χ3n) is 4.16. The van der Waals surface area contributed by atoms with Gasteiger partial charge in [0.05, 0.1) is 6.10 Å². The number of ketones is 1. The maximum Gasteiger partial charge on any atom is 0.135 e. The number of hydrogen-bond donors (Lipinski definition) is 1. The first-order chi connectivity index (χ1) is 7.52. The first-order valence-corrected chi connectivity index (χ1v) is 6.06. The molecule has 0 amide bonds. The number of carbonyl (C=O) groups excluding carboxylic acids is 1. The lowest BCUT2D eigenvalue weighted by Gasteiger charge is -2.25. The van der Waals surface area contributed by atoms with E-state index in [1.165, 1.54) is 16.7 Å². The summed E-state index contributed by atoms with van der Waals surface area (Å²) in [5.74, 6) is 0.0524. The van der Waals surface area contributed by atoms with Gasteiger partial charge in [0.2, 0.25) is 0 Å². The fraction of sp³-hybridized carbons (Fsp3) is 0.643. The quantitative estimate of drug-likeness (QED) is 0.690. The summed E-state index contributed by atoms with van der Waals surface area (Å²) < 4.78 is 0. The van der Waals surface area contributed by atoms with E-state index < -0.39 is 6.10 Å². The zero-order valence-electron chi connectivity index (χ0n) is 10.3. The third kappa shape index (κ3) is 1.75. The number of hydrogen-bond acceptors (Lipinski definition) is 2. The SMILES string of the molecule is CC(=O)C1CCC(C)=C2CC=C(C)C2C1O. The van der Waals surface area contributed by atoms with Gasteiger partial charge in [-0.25, -0.2) is 0 Å². The molecule has 2 aliphatic carbocycles. The number of aliphatic hydroxyl groups is 1. The average Bonchev–Trinajstić information content (AvgIpc) is 2.53. The van der Waals surface area contributed by atoms with Crippen molar-refractivity contribution >= 4 is 5.78 Å². The molecule has 0 saturated carbocycles. The Morgan fingerprint density at radius 2 is 2.12 bits per heavy atom. The average molecular weight is 220 g/mol. The summed E-state index contributed by atoms with van der Waals surface area (Å²) in [6.07, 6.45) is 4.40. The molecule has 2 rings (SSSR count). The molecule has 0 saturated heterocycles. The van der Waals surface area contributed by atoms with Gasteiger partial charge < -0.3 is 5.11 Å². The second kappa shape index (κ2) is 4.17. The maximum atomic E-state index is 11.6. The van der Waals surface area contributed by atoms with Gasteiger partial charge >= 0.3 is 0 Å². The topological polar surface area (TPSA) is 37.3 Å². The standard InChI is InChI=1S/C14H20O2/c1-8-4-7-12(10(3)15)14(16)13-9(2)5-6-11(8)13/h5,12-14,16H,4,6-7H2,1-3H3. The lowest BCUT2D eigenvalue weighted by molar-refractivity contribution is -0.125. The second-order valence-electron chi connectivity index (χ2n) is 5.18. The largest absolute Gasteiger partial charge is 0.391 e. The van der Waals surface area contributed by atoms with Crippen molar-refractivity contribution in [2.45, 2.75) is 46.1 Å². The second-order valence-corrected chi connectivity index (χ2v) is 5.18. The first-order valence-electron chi connectivity index (χ1n) is 6.06. The van der Waals surface area contributed by atoms with E-state index >= 15 is 0 Å². The van der Waals surface area contributed by atoms with Gasteiger partial charge in [0.15, 0.2) is 0 Å². The molecule has 0 fully saturated rings. The fourth-order valence-electron chi connectivity index (χ4n) is 3.09. The highest BCUT2D eigenvalue weighted by Gasteiger charge is 2.38. The Morgan fingerprint density at radius 1 is 1.44 bits per heavy atom. The van der Waals surface area contributed by atoms with Crippen LogP contribution in [0.4, 0.5) is 0 Å². The molecule has 0 spiro atoms. The highest BCUT2D eigenvalue weighted by molar-refractivity contribution is 5.79. The van der Waals surface area contributed by atoms with Crippen molar-refractivity contribution in [1.29, 1.82) is 0 Å². The van der Waals surface area contributed by atoms with Crippen LogP contribution in [0.1, 0.15) is 40.0 Å². The Hall–Kier alpha value is -0.890. The van der Waals surface area contributed by atoms with E-state index in [9.17, 15) is 9.90 Å². The normalized spacial score (nSPS) is 34.5. The molecule has 2 aliphatic rings. The highest BCUT2D eigenvalue weighted by atomic mass is 16.3. The van der Waals surface area contributed by atoms with Crippen LogP contribution in [-0.4, -0.2) is 17.0 Å². The minimum atomic E-state index is -0.510. The van der Waals surface area contributed by atoms with Crippen LogP contribution in [0.25, 0.3) is 0 Å². The van der Waals surface area contributed by atoms with Crippen molar-refractivity contribution in [3.8, 4) is 0 Å². The van der Waals surface area contributed by atoms with Crippen LogP contribution in [0, 0.1) is 11.8 Å². The van der Waals surface area contributed by atoms with Crippen LogP contribution in [0.3, 0.4) is 0 Å². The third-order valence-corrected chi connectivity index (χ3v) is 4.16. The van der Waals surface area contributed by atoms with Crippen molar-refractivity contribution in [1.82, 2.24) is 0 Å². The van der Waals surface area contributed by atoms with Gasteiger partial charge in [-0.15, -0.1) is 0 Å².